The summed E-state index contributed by atoms with van der Waals surface area (Å²) >= 11 is 0. The van der Waals surface area contributed by atoms with Gasteiger partial charge in [0.25, 0.3) is 0 Å². The van der Waals surface area contributed by atoms with Crippen LogP contribution in [0.1, 0.15) is 31.7 Å². The first-order valence-corrected chi connectivity index (χ1v) is 12.3. The van der Waals surface area contributed by atoms with E-state index in [9.17, 15) is 9.18 Å². The minimum atomic E-state index is -0.459. The second-order valence-corrected chi connectivity index (χ2v) is 8.34. The van der Waals surface area contributed by atoms with Gasteiger partial charge in [0, 0.05) is 18.8 Å². The quantitative estimate of drug-likeness (QED) is 0.215. The van der Waals surface area contributed by atoms with E-state index in [4.69, 9.17) is 14.2 Å². The molecular formula is C26H30FN7O4. The predicted octanol–water partition coefficient (Wildman–Crippen LogP) is 4.14. The van der Waals surface area contributed by atoms with Crippen molar-refractivity contribution in [1.82, 2.24) is 15.0 Å². The predicted molar refractivity (Wildman–Crippen MR) is 142 cm³/mol. The SMILES string of the molecule is CCOC(=O)COc1ccc(/C=N/Nc2nc(Nc3ccc(F)cc3)nc(N3CCCCC3)n2)cc1OC. The molecule has 0 amide bonds. The van der Waals surface area contributed by atoms with Gasteiger partial charge in [-0.3, -0.25) is 0 Å². The number of aromatic nitrogens is 3. The van der Waals surface area contributed by atoms with Gasteiger partial charge < -0.3 is 24.4 Å². The Morgan fingerprint density at radius 3 is 2.55 bits per heavy atom. The zero-order chi connectivity index (χ0) is 26.7. The summed E-state index contributed by atoms with van der Waals surface area (Å²) in [4.78, 5) is 27.2. The van der Waals surface area contributed by atoms with E-state index in [1.54, 1.807) is 43.5 Å². The Labute approximate surface area is 220 Å². The van der Waals surface area contributed by atoms with Crippen LogP contribution in [0.3, 0.4) is 0 Å². The fourth-order valence-electron chi connectivity index (χ4n) is 3.76. The fourth-order valence-corrected chi connectivity index (χ4v) is 3.76. The molecule has 2 aromatic carbocycles. The minimum absolute atomic E-state index is 0.216. The second kappa shape index (κ2) is 13.2. The van der Waals surface area contributed by atoms with E-state index in [0.717, 1.165) is 25.9 Å². The molecule has 3 aromatic rings. The van der Waals surface area contributed by atoms with E-state index in [1.165, 1.54) is 25.7 Å². The first-order chi connectivity index (χ1) is 18.5. The molecular weight excluding hydrogens is 493 g/mol. The fraction of sp³-hybridized carbons (Fsp3) is 0.346. The number of rotatable bonds is 11. The number of nitrogens with zero attached hydrogens (tertiary/aromatic N) is 5. The topological polar surface area (TPSA) is 123 Å². The van der Waals surface area contributed by atoms with Gasteiger partial charge in [0.15, 0.2) is 18.1 Å². The summed E-state index contributed by atoms with van der Waals surface area (Å²) in [6.45, 7) is 3.51. The maximum Gasteiger partial charge on any atom is 0.344 e. The van der Waals surface area contributed by atoms with Crippen molar-refractivity contribution in [2.75, 3.05) is 49.1 Å². The Balaban J connectivity index is 1.48. The number of benzene rings is 2. The van der Waals surface area contributed by atoms with E-state index in [0.29, 0.717) is 34.6 Å². The van der Waals surface area contributed by atoms with Crippen LogP contribution in [0.5, 0.6) is 11.5 Å². The van der Waals surface area contributed by atoms with E-state index in [2.05, 4.69) is 35.7 Å². The molecule has 0 radical (unpaired) electrons. The van der Waals surface area contributed by atoms with Crippen LogP contribution in [0.25, 0.3) is 0 Å². The highest BCUT2D eigenvalue weighted by molar-refractivity contribution is 5.81. The Morgan fingerprint density at radius 2 is 1.82 bits per heavy atom. The molecule has 0 aliphatic carbocycles. The monoisotopic (exact) mass is 523 g/mol. The third-order valence-corrected chi connectivity index (χ3v) is 5.58. The Kier molecular flexibility index (Phi) is 9.22. The molecule has 2 N–H and O–H groups in total. The molecule has 0 bridgehead atoms. The summed E-state index contributed by atoms with van der Waals surface area (Å²) in [5, 5.41) is 7.36. The number of nitrogens with one attached hydrogen (secondary N) is 2. The van der Waals surface area contributed by atoms with Gasteiger partial charge in [-0.05, 0) is 74.2 Å². The van der Waals surface area contributed by atoms with Crippen molar-refractivity contribution < 1.29 is 23.4 Å². The van der Waals surface area contributed by atoms with E-state index in [-0.39, 0.29) is 25.0 Å². The van der Waals surface area contributed by atoms with Gasteiger partial charge in [-0.25, -0.2) is 14.6 Å². The molecule has 1 fully saturated rings. The molecule has 1 aliphatic heterocycles. The van der Waals surface area contributed by atoms with Gasteiger partial charge in [0.1, 0.15) is 5.82 Å². The summed E-state index contributed by atoms with van der Waals surface area (Å²) in [6.07, 6.45) is 4.88. The second-order valence-electron chi connectivity index (χ2n) is 8.34. The number of piperidine rings is 1. The van der Waals surface area contributed by atoms with Crippen LogP contribution in [-0.4, -0.2) is 60.5 Å². The van der Waals surface area contributed by atoms with Crippen LogP contribution in [0.15, 0.2) is 47.6 Å². The van der Waals surface area contributed by atoms with E-state index >= 15 is 0 Å². The number of hydrazone groups is 1. The van der Waals surface area contributed by atoms with Crippen LogP contribution in [-0.2, 0) is 9.53 Å². The summed E-state index contributed by atoms with van der Waals surface area (Å²) in [5.74, 6) is 1.16. The normalized spacial score (nSPS) is 13.3. The summed E-state index contributed by atoms with van der Waals surface area (Å²) < 4.78 is 29.1. The largest absolute Gasteiger partial charge is 0.493 e. The number of hydrogen-bond acceptors (Lipinski definition) is 11. The van der Waals surface area contributed by atoms with Gasteiger partial charge in [0.2, 0.25) is 17.8 Å². The Hall–Kier alpha value is -4.48. The zero-order valence-corrected chi connectivity index (χ0v) is 21.3. The van der Waals surface area contributed by atoms with Crippen LogP contribution >= 0.6 is 0 Å². The third kappa shape index (κ3) is 7.51. The lowest BCUT2D eigenvalue weighted by Gasteiger charge is -2.26. The summed E-state index contributed by atoms with van der Waals surface area (Å²) in [6, 6.07) is 11.1. The van der Waals surface area contributed by atoms with Gasteiger partial charge in [-0.15, -0.1) is 0 Å². The zero-order valence-electron chi connectivity index (χ0n) is 21.3. The number of carbonyl (C=O) groups excluding carboxylic acids is 1. The Bertz CT molecular complexity index is 1250. The number of hydrogen-bond donors (Lipinski definition) is 2. The molecule has 1 saturated heterocycles. The van der Waals surface area contributed by atoms with Gasteiger partial charge in [-0.2, -0.15) is 20.1 Å². The van der Waals surface area contributed by atoms with Crippen molar-refractivity contribution in [3.05, 3.63) is 53.8 Å². The number of anilines is 4. The van der Waals surface area contributed by atoms with Crippen LogP contribution in [0, 0.1) is 5.82 Å². The molecule has 1 aromatic heterocycles. The summed E-state index contributed by atoms with van der Waals surface area (Å²) in [5.41, 5.74) is 4.22. The van der Waals surface area contributed by atoms with Crippen LogP contribution in [0.2, 0.25) is 0 Å². The number of methoxy groups -OCH3 is 1. The van der Waals surface area contributed by atoms with Gasteiger partial charge in [0.05, 0.1) is 19.9 Å². The highest BCUT2D eigenvalue weighted by Gasteiger charge is 2.16. The number of ether oxygens (including phenoxy) is 3. The van der Waals surface area contributed by atoms with Crippen LogP contribution in [0.4, 0.5) is 27.9 Å². The maximum absolute atomic E-state index is 13.3. The molecule has 2 heterocycles. The molecule has 11 nitrogen and oxygen atoms in total. The van der Waals surface area contributed by atoms with Crippen molar-refractivity contribution in [3.63, 3.8) is 0 Å². The number of esters is 1. The first-order valence-electron chi connectivity index (χ1n) is 12.3. The average Bonchev–Trinajstić information content (AvgIpc) is 2.94. The lowest BCUT2D eigenvalue weighted by molar-refractivity contribution is -0.145. The van der Waals surface area contributed by atoms with Crippen molar-refractivity contribution >= 4 is 35.7 Å². The van der Waals surface area contributed by atoms with Crippen molar-refractivity contribution in [3.8, 4) is 11.5 Å². The van der Waals surface area contributed by atoms with Crippen molar-refractivity contribution in [2.24, 2.45) is 5.10 Å². The Morgan fingerprint density at radius 1 is 1.05 bits per heavy atom. The van der Waals surface area contributed by atoms with Crippen LogP contribution < -0.4 is 25.1 Å². The smallest absolute Gasteiger partial charge is 0.344 e. The number of halogens is 1. The molecule has 0 atom stereocenters. The number of carbonyl (C=O) groups is 1. The van der Waals surface area contributed by atoms with Gasteiger partial charge >= 0.3 is 5.97 Å². The molecule has 0 unspecified atom stereocenters. The summed E-state index contributed by atoms with van der Waals surface area (Å²) in [7, 11) is 1.51. The molecule has 1 aliphatic rings. The minimum Gasteiger partial charge on any atom is -0.493 e. The first kappa shape index (κ1) is 26.6. The highest BCUT2D eigenvalue weighted by Crippen LogP contribution is 2.27. The average molecular weight is 524 g/mol. The third-order valence-electron chi connectivity index (χ3n) is 5.58. The lowest BCUT2D eigenvalue weighted by Crippen LogP contribution is -2.31. The standard InChI is InChI=1S/C26H30FN7O4/c1-3-37-23(35)17-38-21-12-7-18(15-22(21)36-2)16-28-33-25-30-24(29-20-10-8-19(27)9-11-20)31-26(32-25)34-13-5-4-6-14-34/h7-12,15-16H,3-6,13-14,17H2,1-2H3,(H2,29,30,31,32,33)/b28-16+. The molecule has 200 valence electrons. The molecule has 0 saturated carbocycles. The van der Waals surface area contributed by atoms with E-state index in [1.807, 2.05) is 0 Å². The molecule has 0 spiro atoms. The molecule has 38 heavy (non-hydrogen) atoms. The van der Waals surface area contributed by atoms with E-state index < -0.39 is 5.97 Å². The highest BCUT2D eigenvalue weighted by atomic mass is 19.1. The molecule has 12 heteroatoms. The lowest BCUT2D eigenvalue weighted by atomic mass is 10.1. The van der Waals surface area contributed by atoms with Gasteiger partial charge in [-0.1, -0.05) is 0 Å². The van der Waals surface area contributed by atoms with Crippen molar-refractivity contribution in [1.29, 1.82) is 0 Å². The molecule has 4 rings (SSSR count). The maximum atomic E-state index is 13.3. The van der Waals surface area contributed by atoms with Crippen molar-refractivity contribution in [2.45, 2.75) is 26.2 Å².